The van der Waals surface area contributed by atoms with Gasteiger partial charge in [-0.2, -0.15) is 0 Å². The van der Waals surface area contributed by atoms with Crippen LogP contribution in [0.3, 0.4) is 0 Å². The Morgan fingerprint density at radius 3 is 2.18 bits per heavy atom. The molecule has 0 amide bonds. The molecule has 0 aliphatic heterocycles. The van der Waals surface area contributed by atoms with Gasteiger partial charge < -0.3 is 19.7 Å². The van der Waals surface area contributed by atoms with E-state index in [0.717, 1.165) is 0 Å². The number of nitrogens with zero attached hydrogens (tertiary/aromatic N) is 6. The van der Waals surface area contributed by atoms with Gasteiger partial charge in [-0.3, -0.25) is 0 Å². The normalized spacial score (nSPS) is 9.08. The van der Waals surface area contributed by atoms with Crippen molar-refractivity contribution >= 4 is 17.6 Å². The molecule has 0 unspecified atom stereocenters. The van der Waals surface area contributed by atoms with Gasteiger partial charge in [0.2, 0.25) is 0 Å². The fourth-order valence-electron chi connectivity index (χ4n) is 2.23. The Hall–Kier alpha value is -5.53. The summed E-state index contributed by atoms with van der Waals surface area (Å²) < 4.78 is 10.8. The average Bonchev–Trinajstić information content (AvgIpc) is 3.37. The number of azide groups is 1. The first-order chi connectivity index (χ1) is 18.1. The topological polar surface area (TPSA) is 173 Å². The molecule has 12 nitrogen and oxygen atoms in total. The third kappa shape index (κ3) is 10.8. The number of aromatic nitrogens is 3. The lowest BCUT2D eigenvalue weighted by Crippen LogP contribution is -2.04. The number of phenolic OH excluding ortho intramolecular Hbond substituents is 2. The van der Waals surface area contributed by atoms with Crippen molar-refractivity contribution in [1.82, 2.24) is 15.0 Å². The quantitative estimate of drug-likeness (QED) is 0.113. The van der Waals surface area contributed by atoms with Crippen LogP contribution in [0.1, 0.15) is 19.5 Å². The molecule has 3 rings (SSSR count). The third-order valence-corrected chi connectivity index (χ3v) is 4.04. The first-order valence-electron chi connectivity index (χ1n) is 10.7. The average molecular weight is 519 g/mol. The highest BCUT2D eigenvalue weighted by molar-refractivity contribution is 5.87. The Kier molecular flexibility index (Phi) is 13.0. The summed E-state index contributed by atoms with van der Waals surface area (Å²) >= 11 is 0. The van der Waals surface area contributed by atoms with Crippen molar-refractivity contribution in [3.05, 3.63) is 95.2 Å². The molecular formula is C26H26N6O6. The van der Waals surface area contributed by atoms with E-state index in [0.29, 0.717) is 22.5 Å². The van der Waals surface area contributed by atoms with Crippen LogP contribution in [-0.2, 0) is 25.7 Å². The van der Waals surface area contributed by atoms with Gasteiger partial charge in [0.05, 0.1) is 11.9 Å². The minimum absolute atomic E-state index is 0.000278. The molecule has 1 heterocycles. The molecule has 0 radical (unpaired) electrons. The van der Waals surface area contributed by atoms with Crippen LogP contribution in [0.2, 0.25) is 0 Å². The van der Waals surface area contributed by atoms with Crippen molar-refractivity contribution in [2.24, 2.45) is 5.11 Å². The second-order valence-electron chi connectivity index (χ2n) is 7.24. The number of ether oxygens (including phenoxy) is 2. The fourth-order valence-corrected chi connectivity index (χ4v) is 2.23. The maximum atomic E-state index is 11.2. The molecule has 2 N–H and O–H groups in total. The van der Waals surface area contributed by atoms with E-state index < -0.39 is 11.9 Å². The number of carbonyl (C=O) groups excluding carboxylic acids is 2. The molecule has 0 aliphatic carbocycles. The Labute approximate surface area is 219 Å². The number of hydrogen-bond acceptors (Lipinski definition) is 9. The van der Waals surface area contributed by atoms with Crippen molar-refractivity contribution in [2.45, 2.75) is 20.5 Å². The third-order valence-electron chi connectivity index (χ3n) is 4.04. The number of rotatable bonds is 7. The number of hydrogen-bond donors (Lipinski definition) is 2. The predicted molar refractivity (Wildman–Crippen MR) is 139 cm³/mol. The predicted octanol–water partition coefficient (Wildman–Crippen LogP) is 4.67. The standard InChI is InChI=1S/C13H13N3O3.C7H8O2.C6H5N3O/c1-9(2)13(18)19-8-10-7-16(15-14-10)11-5-3-4-6-12(11)17;1-4-5-9-7(8)6(2)3;7-9-8-5-3-1-2-4-6(5)10/h3-7,17H,1,8H2,2H3;1H,2,5H2,3H3;1-4,10H. The summed E-state index contributed by atoms with van der Waals surface area (Å²) in [6.45, 7) is 10.0. The Bertz CT molecular complexity index is 1370. The molecule has 0 atom stereocenters. The minimum Gasteiger partial charge on any atom is -0.507 e. The van der Waals surface area contributed by atoms with Gasteiger partial charge in [0.25, 0.3) is 0 Å². The first kappa shape index (κ1) is 30.5. The van der Waals surface area contributed by atoms with Gasteiger partial charge in [-0.1, -0.05) is 53.7 Å². The van der Waals surface area contributed by atoms with Crippen molar-refractivity contribution in [1.29, 1.82) is 0 Å². The minimum atomic E-state index is -0.475. The summed E-state index contributed by atoms with van der Waals surface area (Å²) in [5.41, 5.74) is 9.93. The van der Waals surface area contributed by atoms with Gasteiger partial charge in [-0.15, -0.1) is 11.5 Å². The van der Waals surface area contributed by atoms with E-state index in [9.17, 15) is 14.7 Å². The molecule has 0 saturated heterocycles. The molecule has 0 aliphatic rings. The highest BCUT2D eigenvalue weighted by atomic mass is 16.5. The lowest BCUT2D eigenvalue weighted by atomic mass is 10.3. The summed E-state index contributed by atoms with van der Waals surface area (Å²) in [5, 5.41) is 29.6. The van der Waals surface area contributed by atoms with E-state index in [2.05, 4.69) is 44.2 Å². The fraction of sp³-hybridized carbons (Fsp3) is 0.154. The lowest BCUT2D eigenvalue weighted by molar-refractivity contribution is -0.140. The molecular weight excluding hydrogens is 492 g/mol. The lowest BCUT2D eigenvalue weighted by Gasteiger charge is -2.02. The van der Waals surface area contributed by atoms with Crippen molar-refractivity contribution in [3.8, 4) is 29.5 Å². The van der Waals surface area contributed by atoms with E-state index in [1.54, 1.807) is 56.4 Å². The van der Waals surface area contributed by atoms with Gasteiger partial charge in [0.1, 0.15) is 29.5 Å². The van der Waals surface area contributed by atoms with E-state index in [-0.39, 0.29) is 30.4 Å². The van der Waals surface area contributed by atoms with Crippen LogP contribution < -0.4 is 0 Å². The molecule has 38 heavy (non-hydrogen) atoms. The molecule has 196 valence electrons. The van der Waals surface area contributed by atoms with Crippen LogP contribution >= 0.6 is 0 Å². The van der Waals surface area contributed by atoms with Crippen molar-refractivity contribution in [3.63, 3.8) is 0 Å². The highest BCUT2D eigenvalue weighted by Gasteiger charge is 2.09. The SMILES string of the molecule is C#CCOC(=O)C(=C)C.C=C(C)C(=O)OCc1cn(-c2ccccc2O)nn1.[N-]=[N+]=Nc1ccccc1O. The van der Waals surface area contributed by atoms with Gasteiger partial charge >= 0.3 is 11.9 Å². The van der Waals surface area contributed by atoms with Crippen LogP contribution in [0.15, 0.2) is 84.1 Å². The van der Waals surface area contributed by atoms with Crippen LogP contribution in [0.4, 0.5) is 5.69 Å². The summed E-state index contributed by atoms with van der Waals surface area (Å²) in [7, 11) is 0. The van der Waals surface area contributed by atoms with Gasteiger partial charge in [-0.25, -0.2) is 14.3 Å². The van der Waals surface area contributed by atoms with Crippen LogP contribution in [0.5, 0.6) is 11.5 Å². The maximum absolute atomic E-state index is 11.2. The summed E-state index contributed by atoms with van der Waals surface area (Å²) in [6.07, 6.45) is 6.40. The molecule has 12 heteroatoms. The van der Waals surface area contributed by atoms with Crippen molar-refractivity contribution in [2.75, 3.05) is 6.61 Å². The number of phenols is 2. The molecule has 1 aromatic heterocycles. The molecule has 3 aromatic rings. The zero-order valence-electron chi connectivity index (χ0n) is 20.8. The number of para-hydroxylation sites is 3. The van der Waals surface area contributed by atoms with Crippen LogP contribution in [0, 0.1) is 12.3 Å². The zero-order chi connectivity index (χ0) is 28.5. The summed E-state index contributed by atoms with van der Waals surface area (Å²) in [6, 6.07) is 13.1. The van der Waals surface area contributed by atoms with Crippen LogP contribution in [-0.4, -0.2) is 43.8 Å². The molecule has 0 bridgehead atoms. The maximum Gasteiger partial charge on any atom is 0.334 e. The molecule has 2 aromatic carbocycles. The monoisotopic (exact) mass is 518 g/mol. The number of aromatic hydroxyl groups is 2. The smallest absolute Gasteiger partial charge is 0.334 e. The Morgan fingerprint density at radius 1 is 1.05 bits per heavy atom. The van der Waals surface area contributed by atoms with Gasteiger partial charge in [0.15, 0.2) is 6.61 Å². The number of benzene rings is 2. The van der Waals surface area contributed by atoms with Crippen LogP contribution in [0.25, 0.3) is 16.1 Å². The zero-order valence-corrected chi connectivity index (χ0v) is 20.8. The summed E-state index contributed by atoms with van der Waals surface area (Å²) in [4.78, 5) is 24.2. The second-order valence-corrected chi connectivity index (χ2v) is 7.24. The number of esters is 2. The number of terminal acetylenes is 1. The van der Waals surface area contributed by atoms with E-state index in [1.807, 2.05) is 0 Å². The summed E-state index contributed by atoms with van der Waals surface area (Å²) in [5.74, 6) is 1.35. The van der Waals surface area contributed by atoms with E-state index >= 15 is 0 Å². The number of carbonyl (C=O) groups is 2. The Morgan fingerprint density at radius 2 is 1.63 bits per heavy atom. The molecule has 0 spiro atoms. The highest BCUT2D eigenvalue weighted by Crippen LogP contribution is 2.24. The molecule has 0 fully saturated rings. The Balaban J connectivity index is 0.000000320. The van der Waals surface area contributed by atoms with Crippen molar-refractivity contribution < 1.29 is 29.3 Å². The van der Waals surface area contributed by atoms with E-state index in [1.165, 1.54) is 16.8 Å². The van der Waals surface area contributed by atoms with Gasteiger partial charge in [-0.05, 0) is 43.6 Å². The van der Waals surface area contributed by atoms with Gasteiger partial charge in [0, 0.05) is 16.1 Å². The first-order valence-corrected chi connectivity index (χ1v) is 10.7. The molecule has 0 saturated carbocycles. The second kappa shape index (κ2) is 16.2. The largest absolute Gasteiger partial charge is 0.507 e. The van der Waals surface area contributed by atoms with E-state index in [4.69, 9.17) is 21.8 Å².